The number of ether oxygens (including phenoxy) is 1. The summed E-state index contributed by atoms with van der Waals surface area (Å²) in [6.07, 6.45) is 3.41. The Morgan fingerprint density at radius 3 is 2.86 bits per heavy atom. The lowest BCUT2D eigenvalue weighted by Crippen LogP contribution is -2.18. The maximum Gasteiger partial charge on any atom is 0.122 e. The first-order valence-electron chi connectivity index (χ1n) is 4.69. The average Bonchev–Trinajstić information content (AvgIpc) is 2.17. The van der Waals surface area contributed by atoms with Gasteiger partial charge in [-0.1, -0.05) is 44.0 Å². The van der Waals surface area contributed by atoms with Crippen molar-refractivity contribution in [1.29, 1.82) is 0 Å². The fraction of sp³-hybridized carbons (Fsp3) is 0.455. The Bertz CT molecular complexity index is 347. The topological polar surface area (TPSA) is 9.23 Å². The van der Waals surface area contributed by atoms with Crippen molar-refractivity contribution in [2.24, 2.45) is 0 Å². The summed E-state index contributed by atoms with van der Waals surface area (Å²) in [5, 5.41) is 0. The van der Waals surface area contributed by atoms with Gasteiger partial charge in [0.2, 0.25) is 0 Å². The van der Waals surface area contributed by atoms with E-state index in [-0.39, 0.29) is 3.23 Å². The molecule has 1 aliphatic carbocycles. The molecule has 76 valence electrons. The lowest BCUT2D eigenvalue weighted by molar-refractivity contribution is 0.405. The molecule has 1 aromatic carbocycles. The van der Waals surface area contributed by atoms with Gasteiger partial charge in [0.15, 0.2) is 0 Å². The zero-order valence-corrected chi connectivity index (χ0v) is 11.2. The van der Waals surface area contributed by atoms with Crippen LogP contribution < -0.4 is 4.74 Å². The molecule has 0 unspecified atom stereocenters. The third-order valence-electron chi connectivity index (χ3n) is 2.66. The molecule has 0 heterocycles. The molecule has 0 aliphatic heterocycles. The zero-order valence-electron chi connectivity index (χ0n) is 8.02. The van der Waals surface area contributed by atoms with Crippen LogP contribution in [0.3, 0.4) is 0 Å². The van der Waals surface area contributed by atoms with E-state index in [2.05, 4.69) is 37.9 Å². The summed E-state index contributed by atoms with van der Waals surface area (Å²) in [4.78, 5) is 0. The van der Waals surface area contributed by atoms with Gasteiger partial charge in [0.25, 0.3) is 0 Å². The molecule has 0 saturated carbocycles. The molecule has 0 atom stereocenters. The van der Waals surface area contributed by atoms with E-state index < -0.39 is 0 Å². The molecule has 3 heteroatoms. The maximum atomic E-state index is 5.36. The Morgan fingerprint density at radius 1 is 1.36 bits per heavy atom. The summed E-state index contributed by atoms with van der Waals surface area (Å²) >= 11 is 7.43. The maximum absolute atomic E-state index is 5.36. The Morgan fingerprint density at radius 2 is 2.14 bits per heavy atom. The highest BCUT2D eigenvalue weighted by Crippen LogP contribution is 2.49. The summed E-state index contributed by atoms with van der Waals surface area (Å²) in [7, 11) is 1.73. The lowest BCUT2D eigenvalue weighted by Gasteiger charge is -2.29. The van der Waals surface area contributed by atoms with Crippen molar-refractivity contribution in [3.63, 3.8) is 0 Å². The minimum atomic E-state index is -0.0534. The molecule has 1 aliphatic rings. The molecular formula is C11H12Br2O. The zero-order chi connectivity index (χ0) is 10.2. The molecule has 0 radical (unpaired) electrons. The predicted octanol–water partition coefficient (Wildman–Crippen LogP) is 3.97. The van der Waals surface area contributed by atoms with Crippen LogP contribution in [0.25, 0.3) is 0 Å². The number of methoxy groups -OCH3 is 1. The van der Waals surface area contributed by atoms with Gasteiger partial charge in [-0.25, -0.2) is 0 Å². The van der Waals surface area contributed by atoms with Crippen molar-refractivity contribution in [1.82, 2.24) is 0 Å². The molecule has 0 saturated heterocycles. The molecule has 0 bridgehead atoms. The smallest absolute Gasteiger partial charge is 0.122 e. The van der Waals surface area contributed by atoms with E-state index in [1.54, 1.807) is 7.11 Å². The molecule has 0 fully saturated rings. The van der Waals surface area contributed by atoms with Crippen LogP contribution >= 0.6 is 31.9 Å². The third kappa shape index (κ3) is 1.72. The van der Waals surface area contributed by atoms with Crippen molar-refractivity contribution in [3.8, 4) is 5.75 Å². The Kier molecular flexibility index (Phi) is 2.89. The predicted molar refractivity (Wildman–Crippen MR) is 65.5 cm³/mol. The standard InChI is InChI=1S/C11H12Br2O/c1-14-10-6-2-5-9-8(10)4-3-7-11(9,12)13/h2,5-6H,3-4,7H2,1H3. The van der Waals surface area contributed by atoms with Gasteiger partial charge in [0.1, 0.15) is 8.98 Å². The molecule has 1 aromatic rings. The molecule has 1 nitrogen and oxygen atoms in total. The van der Waals surface area contributed by atoms with Crippen molar-refractivity contribution in [2.45, 2.75) is 22.5 Å². The van der Waals surface area contributed by atoms with Gasteiger partial charge in [-0.05, 0) is 36.5 Å². The number of hydrogen-bond donors (Lipinski definition) is 0. The Labute approximate surface area is 101 Å². The molecule has 0 spiro atoms. The summed E-state index contributed by atoms with van der Waals surface area (Å²) < 4.78 is 5.31. The van der Waals surface area contributed by atoms with Crippen LogP contribution in [-0.2, 0) is 9.65 Å². The average molecular weight is 320 g/mol. The lowest BCUT2D eigenvalue weighted by atomic mass is 9.91. The third-order valence-corrected chi connectivity index (χ3v) is 4.31. The minimum Gasteiger partial charge on any atom is -0.496 e. The normalized spacial score (nSPS) is 18.8. The Balaban J connectivity index is 2.55. The van der Waals surface area contributed by atoms with Gasteiger partial charge < -0.3 is 4.74 Å². The summed E-state index contributed by atoms with van der Waals surface area (Å²) in [5.74, 6) is 1.01. The number of rotatable bonds is 1. The second kappa shape index (κ2) is 3.86. The number of halogens is 2. The van der Waals surface area contributed by atoms with E-state index >= 15 is 0 Å². The van der Waals surface area contributed by atoms with Gasteiger partial charge in [-0.15, -0.1) is 0 Å². The highest BCUT2D eigenvalue weighted by Gasteiger charge is 2.32. The van der Waals surface area contributed by atoms with E-state index in [9.17, 15) is 0 Å². The first-order valence-corrected chi connectivity index (χ1v) is 6.28. The molecule has 0 N–H and O–H groups in total. The number of hydrogen-bond acceptors (Lipinski definition) is 1. The summed E-state index contributed by atoms with van der Waals surface area (Å²) in [6.45, 7) is 0. The van der Waals surface area contributed by atoms with E-state index in [4.69, 9.17) is 4.74 Å². The Hall–Kier alpha value is -0.0200. The van der Waals surface area contributed by atoms with Gasteiger partial charge in [-0.2, -0.15) is 0 Å². The van der Waals surface area contributed by atoms with Crippen molar-refractivity contribution in [3.05, 3.63) is 29.3 Å². The summed E-state index contributed by atoms with van der Waals surface area (Å²) in [6, 6.07) is 6.22. The van der Waals surface area contributed by atoms with Crippen molar-refractivity contribution < 1.29 is 4.74 Å². The fourth-order valence-electron chi connectivity index (χ4n) is 1.98. The van der Waals surface area contributed by atoms with Crippen LogP contribution in [0, 0.1) is 0 Å². The summed E-state index contributed by atoms with van der Waals surface area (Å²) in [5.41, 5.74) is 2.64. The van der Waals surface area contributed by atoms with Crippen LogP contribution in [0.15, 0.2) is 18.2 Å². The van der Waals surface area contributed by atoms with Crippen LogP contribution in [0.5, 0.6) is 5.75 Å². The second-order valence-corrected chi connectivity index (χ2v) is 7.32. The monoisotopic (exact) mass is 318 g/mol. The van der Waals surface area contributed by atoms with Gasteiger partial charge in [0.05, 0.1) is 7.11 Å². The van der Waals surface area contributed by atoms with E-state index in [0.717, 1.165) is 18.6 Å². The molecule has 2 rings (SSSR count). The minimum absolute atomic E-state index is 0.0534. The largest absolute Gasteiger partial charge is 0.496 e. The van der Waals surface area contributed by atoms with E-state index in [1.807, 2.05) is 12.1 Å². The van der Waals surface area contributed by atoms with Crippen LogP contribution in [0.4, 0.5) is 0 Å². The molecule has 0 amide bonds. The molecular weight excluding hydrogens is 308 g/mol. The number of benzene rings is 1. The highest BCUT2D eigenvalue weighted by atomic mass is 79.9. The van der Waals surface area contributed by atoms with Crippen LogP contribution in [0.2, 0.25) is 0 Å². The molecule has 14 heavy (non-hydrogen) atoms. The SMILES string of the molecule is COc1cccc2c1CCCC2(Br)Br. The van der Waals surface area contributed by atoms with Crippen LogP contribution in [-0.4, -0.2) is 7.11 Å². The highest BCUT2D eigenvalue weighted by molar-refractivity contribution is 9.24. The van der Waals surface area contributed by atoms with Gasteiger partial charge in [0, 0.05) is 0 Å². The van der Waals surface area contributed by atoms with Crippen molar-refractivity contribution in [2.75, 3.05) is 7.11 Å². The van der Waals surface area contributed by atoms with Gasteiger partial charge in [-0.3, -0.25) is 0 Å². The second-order valence-electron chi connectivity index (χ2n) is 3.54. The number of fused-ring (bicyclic) bond motifs is 1. The van der Waals surface area contributed by atoms with Gasteiger partial charge >= 0.3 is 0 Å². The van der Waals surface area contributed by atoms with E-state index in [1.165, 1.54) is 17.5 Å². The quantitative estimate of drug-likeness (QED) is 0.712. The first kappa shape index (κ1) is 10.5. The van der Waals surface area contributed by atoms with Crippen molar-refractivity contribution >= 4 is 31.9 Å². The van der Waals surface area contributed by atoms with Crippen LogP contribution in [0.1, 0.15) is 24.0 Å². The first-order chi connectivity index (χ1) is 6.65. The fourth-order valence-corrected chi connectivity index (χ4v) is 3.28. The number of alkyl halides is 2. The van der Waals surface area contributed by atoms with E-state index in [0.29, 0.717) is 0 Å². The molecule has 0 aromatic heterocycles.